The Labute approximate surface area is 111 Å². The summed E-state index contributed by atoms with van der Waals surface area (Å²) in [6.45, 7) is 10.6. The largest absolute Gasteiger partial charge is 0.463 e. The van der Waals surface area contributed by atoms with E-state index >= 15 is 0 Å². The van der Waals surface area contributed by atoms with Crippen LogP contribution in [-0.2, 0) is 14.3 Å². The Balaban J connectivity index is 2.19. The molecular formula is C14H27NO3. The van der Waals surface area contributed by atoms with Gasteiger partial charge in [0.05, 0.1) is 6.61 Å². The number of carbonyl (C=O) groups excluding carboxylic acids is 1. The minimum Gasteiger partial charge on any atom is -0.463 e. The molecule has 0 aromatic heterocycles. The first kappa shape index (κ1) is 15.4. The zero-order valence-corrected chi connectivity index (χ0v) is 12.0. The summed E-state index contributed by atoms with van der Waals surface area (Å²) in [6.07, 6.45) is 2.50. The lowest BCUT2D eigenvalue weighted by Gasteiger charge is -2.33. The van der Waals surface area contributed by atoms with Gasteiger partial charge in [-0.25, -0.2) is 0 Å². The molecule has 4 nitrogen and oxygen atoms in total. The molecule has 1 heterocycles. The van der Waals surface area contributed by atoms with Crippen molar-refractivity contribution in [1.29, 1.82) is 0 Å². The van der Waals surface area contributed by atoms with Gasteiger partial charge < -0.3 is 9.47 Å². The van der Waals surface area contributed by atoms with Crippen LogP contribution >= 0.6 is 0 Å². The second-order valence-electron chi connectivity index (χ2n) is 5.43. The summed E-state index contributed by atoms with van der Waals surface area (Å²) in [4.78, 5) is 13.8. The minimum absolute atomic E-state index is 0.0445. The Bertz CT molecular complexity index is 243. The maximum absolute atomic E-state index is 11.4. The lowest BCUT2D eigenvalue weighted by molar-refractivity contribution is -0.150. The molecule has 0 aromatic carbocycles. The molecule has 0 spiro atoms. The predicted octanol–water partition coefficient (Wildman–Crippen LogP) is 2.08. The van der Waals surface area contributed by atoms with Crippen molar-refractivity contribution in [3.8, 4) is 0 Å². The number of esters is 1. The Morgan fingerprint density at radius 2 is 2.28 bits per heavy atom. The average molecular weight is 257 g/mol. The van der Waals surface area contributed by atoms with Gasteiger partial charge in [-0.3, -0.25) is 9.69 Å². The van der Waals surface area contributed by atoms with Gasteiger partial charge in [-0.15, -0.1) is 0 Å². The molecule has 0 amide bonds. The molecule has 0 aromatic rings. The summed E-state index contributed by atoms with van der Waals surface area (Å²) in [5.41, 5.74) is 0. The molecule has 0 radical (unpaired) electrons. The molecule has 106 valence electrons. The number of hydrogen-bond donors (Lipinski definition) is 0. The van der Waals surface area contributed by atoms with E-state index in [9.17, 15) is 4.79 Å². The van der Waals surface area contributed by atoms with Gasteiger partial charge in [0.15, 0.2) is 0 Å². The highest BCUT2D eigenvalue weighted by atomic mass is 16.6. The highest BCUT2D eigenvalue weighted by Crippen LogP contribution is 2.09. The molecular weight excluding hydrogens is 230 g/mol. The van der Waals surface area contributed by atoms with E-state index in [1.807, 2.05) is 0 Å². The smallest absolute Gasteiger partial charge is 0.305 e. The second-order valence-corrected chi connectivity index (χ2v) is 5.43. The standard InChI is InChI=1S/C14H27NO3/c1-4-5-6-14(16)18-11-13-10-15(7-8-17-13)9-12(2)3/h12-13H,4-11H2,1-3H3. The van der Waals surface area contributed by atoms with E-state index in [1.54, 1.807) is 0 Å². The molecule has 1 fully saturated rings. The van der Waals surface area contributed by atoms with Crippen molar-refractivity contribution in [2.75, 3.05) is 32.8 Å². The van der Waals surface area contributed by atoms with Crippen LogP contribution in [0.25, 0.3) is 0 Å². The van der Waals surface area contributed by atoms with Gasteiger partial charge >= 0.3 is 5.97 Å². The van der Waals surface area contributed by atoms with E-state index < -0.39 is 0 Å². The van der Waals surface area contributed by atoms with Gasteiger partial charge in [0.25, 0.3) is 0 Å². The summed E-state index contributed by atoms with van der Waals surface area (Å²) >= 11 is 0. The van der Waals surface area contributed by atoms with Gasteiger partial charge in [0.2, 0.25) is 0 Å². The lowest BCUT2D eigenvalue weighted by atomic mass is 10.2. The van der Waals surface area contributed by atoms with E-state index in [-0.39, 0.29) is 12.1 Å². The molecule has 0 N–H and O–H groups in total. The van der Waals surface area contributed by atoms with Crippen molar-refractivity contribution in [2.24, 2.45) is 5.92 Å². The summed E-state index contributed by atoms with van der Waals surface area (Å²) in [7, 11) is 0. The quantitative estimate of drug-likeness (QED) is 0.655. The predicted molar refractivity (Wildman–Crippen MR) is 71.5 cm³/mol. The van der Waals surface area contributed by atoms with Gasteiger partial charge in [-0.05, 0) is 12.3 Å². The number of hydrogen-bond acceptors (Lipinski definition) is 4. The molecule has 1 atom stereocenters. The van der Waals surface area contributed by atoms with Gasteiger partial charge in [-0.1, -0.05) is 27.2 Å². The number of nitrogens with zero attached hydrogens (tertiary/aromatic N) is 1. The van der Waals surface area contributed by atoms with Crippen molar-refractivity contribution in [1.82, 2.24) is 4.90 Å². The topological polar surface area (TPSA) is 38.8 Å². The Kier molecular flexibility index (Phi) is 7.28. The van der Waals surface area contributed by atoms with Crippen molar-refractivity contribution in [3.05, 3.63) is 0 Å². The van der Waals surface area contributed by atoms with Crippen molar-refractivity contribution in [2.45, 2.75) is 46.1 Å². The Hall–Kier alpha value is -0.610. The van der Waals surface area contributed by atoms with Crippen LogP contribution in [0.1, 0.15) is 40.0 Å². The minimum atomic E-state index is -0.0959. The fourth-order valence-electron chi connectivity index (χ4n) is 2.14. The monoisotopic (exact) mass is 257 g/mol. The number of ether oxygens (including phenoxy) is 2. The van der Waals surface area contributed by atoms with Crippen molar-refractivity contribution >= 4 is 5.97 Å². The van der Waals surface area contributed by atoms with Crippen LogP contribution in [0.15, 0.2) is 0 Å². The number of rotatable bonds is 7. The molecule has 0 aliphatic carbocycles. The van der Waals surface area contributed by atoms with Crippen molar-refractivity contribution in [3.63, 3.8) is 0 Å². The second kappa shape index (κ2) is 8.48. The summed E-state index contributed by atoms with van der Waals surface area (Å²) in [5.74, 6) is 0.567. The van der Waals surface area contributed by atoms with Crippen LogP contribution in [0.2, 0.25) is 0 Å². The molecule has 0 bridgehead atoms. The lowest BCUT2D eigenvalue weighted by Crippen LogP contribution is -2.45. The van der Waals surface area contributed by atoms with Crippen LogP contribution in [0.5, 0.6) is 0 Å². The van der Waals surface area contributed by atoms with Crippen LogP contribution in [0.3, 0.4) is 0 Å². The SMILES string of the molecule is CCCCC(=O)OCC1CN(CC(C)C)CCO1. The van der Waals surface area contributed by atoms with Gasteiger partial charge in [-0.2, -0.15) is 0 Å². The van der Waals surface area contributed by atoms with Crippen LogP contribution in [-0.4, -0.2) is 49.8 Å². The number of carbonyl (C=O) groups is 1. The van der Waals surface area contributed by atoms with Gasteiger partial charge in [0, 0.05) is 26.1 Å². The van der Waals surface area contributed by atoms with Crippen LogP contribution < -0.4 is 0 Å². The first-order valence-electron chi connectivity index (χ1n) is 7.11. The molecule has 1 saturated heterocycles. The Morgan fingerprint density at radius 1 is 1.50 bits per heavy atom. The maximum Gasteiger partial charge on any atom is 0.305 e. The first-order valence-corrected chi connectivity index (χ1v) is 7.11. The fourth-order valence-corrected chi connectivity index (χ4v) is 2.14. The zero-order chi connectivity index (χ0) is 13.4. The molecule has 1 aliphatic rings. The van der Waals surface area contributed by atoms with Crippen LogP contribution in [0.4, 0.5) is 0 Å². The normalized spacial score (nSPS) is 21.2. The fraction of sp³-hybridized carbons (Fsp3) is 0.929. The average Bonchev–Trinajstić information content (AvgIpc) is 2.33. The zero-order valence-electron chi connectivity index (χ0n) is 12.0. The van der Waals surface area contributed by atoms with Gasteiger partial charge in [0.1, 0.15) is 12.7 Å². The molecule has 1 unspecified atom stereocenters. The highest BCUT2D eigenvalue weighted by Gasteiger charge is 2.22. The summed E-state index contributed by atoms with van der Waals surface area (Å²) in [5, 5.41) is 0. The third-order valence-corrected chi connectivity index (χ3v) is 3.01. The van der Waals surface area contributed by atoms with E-state index in [2.05, 4.69) is 25.7 Å². The molecule has 18 heavy (non-hydrogen) atoms. The van der Waals surface area contributed by atoms with E-state index in [4.69, 9.17) is 9.47 Å². The molecule has 4 heteroatoms. The molecule has 1 rings (SSSR count). The third-order valence-electron chi connectivity index (χ3n) is 3.01. The van der Waals surface area contributed by atoms with E-state index in [1.165, 1.54) is 0 Å². The van der Waals surface area contributed by atoms with Crippen LogP contribution in [0, 0.1) is 5.92 Å². The number of morpholine rings is 1. The first-order chi connectivity index (χ1) is 8.61. The third kappa shape index (κ3) is 6.36. The summed E-state index contributed by atoms with van der Waals surface area (Å²) in [6, 6.07) is 0. The molecule has 1 aliphatic heterocycles. The Morgan fingerprint density at radius 3 is 2.94 bits per heavy atom. The number of unbranched alkanes of at least 4 members (excludes halogenated alkanes) is 1. The van der Waals surface area contributed by atoms with E-state index in [0.717, 1.165) is 39.1 Å². The summed E-state index contributed by atoms with van der Waals surface area (Å²) < 4.78 is 10.9. The maximum atomic E-state index is 11.4. The molecule has 0 saturated carbocycles. The van der Waals surface area contributed by atoms with E-state index in [0.29, 0.717) is 18.9 Å². The van der Waals surface area contributed by atoms with Crippen molar-refractivity contribution < 1.29 is 14.3 Å². The highest BCUT2D eigenvalue weighted by molar-refractivity contribution is 5.69.